The number of aliphatic carboxylic acids is 1. The van der Waals surface area contributed by atoms with Gasteiger partial charge in [0.05, 0.1) is 5.41 Å². The van der Waals surface area contributed by atoms with E-state index in [0.29, 0.717) is 6.42 Å². The lowest BCUT2D eigenvalue weighted by Crippen LogP contribution is -2.55. The SMILES string of the molecule is CC1(C(=O)O)CCCC1NC(=O)NN1CCCCC1. The molecule has 0 spiro atoms. The quantitative estimate of drug-likeness (QED) is 0.722. The van der Waals surface area contributed by atoms with Gasteiger partial charge in [-0.1, -0.05) is 12.8 Å². The number of nitrogens with zero attached hydrogens (tertiary/aromatic N) is 1. The summed E-state index contributed by atoms with van der Waals surface area (Å²) >= 11 is 0. The van der Waals surface area contributed by atoms with Crippen LogP contribution >= 0.6 is 0 Å². The zero-order chi connectivity index (χ0) is 13.9. The summed E-state index contributed by atoms with van der Waals surface area (Å²) in [6.45, 7) is 3.46. The van der Waals surface area contributed by atoms with Crippen LogP contribution in [0.25, 0.3) is 0 Å². The molecule has 19 heavy (non-hydrogen) atoms. The van der Waals surface area contributed by atoms with Crippen LogP contribution in [0.5, 0.6) is 0 Å². The van der Waals surface area contributed by atoms with Crippen molar-refractivity contribution in [1.29, 1.82) is 0 Å². The van der Waals surface area contributed by atoms with Crippen LogP contribution in [0.15, 0.2) is 0 Å². The lowest BCUT2D eigenvalue weighted by Gasteiger charge is -2.31. The van der Waals surface area contributed by atoms with Gasteiger partial charge in [-0.15, -0.1) is 0 Å². The zero-order valence-electron chi connectivity index (χ0n) is 11.4. The molecule has 6 nitrogen and oxygen atoms in total. The zero-order valence-corrected chi connectivity index (χ0v) is 11.4. The van der Waals surface area contributed by atoms with Gasteiger partial charge in [-0.25, -0.2) is 9.80 Å². The minimum atomic E-state index is -0.834. The van der Waals surface area contributed by atoms with Gasteiger partial charge >= 0.3 is 12.0 Å². The highest BCUT2D eigenvalue weighted by Gasteiger charge is 2.46. The number of hydrazine groups is 1. The molecule has 1 aliphatic carbocycles. The van der Waals surface area contributed by atoms with E-state index >= 15 is 0 Å². The van der Waals surface area contributed by atoms with Crippen molar-refractivity contribution in [2.45, 2.75) is 51.5 Å². The van der Waals surface area contributed by atoms with Crippen molar-refractivity contribution in [1.82, 2.24) is 15.8 Å². The van der Waals surface area contributed by atoms with Crippen molar-refractivity contribution >= 4 is 12.0 Å². The highest BCUT2D eigenvalue weighted by molar-refractivity contribution is 5.79. The summed E-state index contributed by atoms with van der Waals surface area (Å²) in [6.07, 6.45) is 5.59. The van der Waals surface area contributed by atoms with Crippen LogP contribution in [-0.4, -0.2) is 41.2 Å². The van der Waals surface area contributed by atoms with Crippen molar-refractivity contribution in [3.8, 4) is 0 Å². The normalized spacial score (nSPS) is 31.9. The molecule has 2 amide bonds. The number of urea groups is 1. The van der Waals surface area contributed by atoms with Gasteiger partial charge in [0, 0.05) is 19.1 Å². The van der Waals surface area contributed by atoms with E-state index in [2.05, 4.69) is 10.7 Å². The van der Waals surface area contributed by atoms with E-state index < -0.39 is 11.4 Å². The smallest absolute Gasteiger partial charge is 0.329 e. The molecule has 6 heteroatoms. The van der Waals surface area contributed by atoms with Crippen LogP contribution in [0.4, 0.5) is 4.79 Å². The minimum Gasteiger partial charge on any atom is -0.481 e. The number of amides is 2. The molecule has 0 aromatic carbocycles. The Kier molecular flexibility index (Phi) is 4.29. The predicted octanol–water partition coefficient (Wildman–Crippen LogP) is 1.33. The maximum Gasteiger partial charge on any atom is 0.329 e. The fourth-order valence-electron chi connectivity index (χ4n) is 2.99. The maximum absolute atomic E-state index is 11.9. The van der Waals surface area contributed by atoms with Gasteiger partial charge in [-0.3, -0.25) is 10.2 Å². The molecule has 0 aromatic heterocycles. The molecular formula is C13H23N3O3. The number of nitrogens with one attached hydrogen (secondary N) is 2. The van der Waals surface area contributed by atoms with Crippen LogP contribution in [-0.2, 0) is 4.79 Å². The lowest BCUT2D eigenvalue weighted by molar-refractivity contribution is -0.148. The third-order valence-electron chi connectivity index (χ3n) is 4.37. The van der Waals surface area contributed by atoms with E-state index in [1.165, 1.54) is 6.42 Å². The van der Waals surface area contributed by atoms with E-state index in [9.17, 15) is 14.7 Å². The summed E-state index contributed by atoms with van der Waals surface area (Å²) < 4.78 is 0. The van der Waals surface area contributed by atoms with Gasteiger partial charge in [0.15, 0.2) is 0 Å². The highest BCUT2D eigenvalue weighted by Crippen LogP contribution is 2.38. The molecule has 2 rings (SSSR count). The Labute approximate surface area is 113 Å². The number of piperidine rings is 1. The maximum atomic E-state index is 11.9. The average Bonchev–Trinajstić information content (AvgIpc) is 2.73. The Bertz CT molecular complexity index is 355. The number of carbonyl (C=O) groups is 2. The second-order valence-electron chi connectivity index (χ2n) is 5.80. The monoisotopic (exact) mass is 269 g/mol. The van der Waals surface area contributed by atoms with E-state index in [1.54, 1.807) is 6.92 Å². The second kappa shape index (κ2) is 5.77. The van der Waals surface area contributed by atoms with E-state index in [-0.39, 0.29) is 12.1 Å². The molecule has 2 fully saturated rings. The third kappa shape index (κ3) is 3.18. The fourth-order valence-corrected chi connectivity index (χ4v) is 2.99. The Hall–Kier alpha value is -1.30. The molecule has 1 saturated carbocycles. The molecule has 2 atom stereocenters. The van der Waals surface area contributed by atoms with Crippen LogP contribution in [0.2, 0.25) is 0 Å². The summed E-state index contributed by atoms with van der Waals surface area (Å²) in [5.74, 6) is -0.826. The van der Waals surface area contributed by atoms with Gasteiger partial charge in [0.1, 0.15) is 0 Å². The van der Waals surface area contributed by atoms with Crippen molar-refractivity contribution in [2.75, 3.05) is 13.1 Å². The Balaban J connectivity index is 1.86. The fraction of sp³-hybridized carbons (Fsp3) is 0.846. The van der Waals surface area contributed by atoms with Crippen LogP contribution in [0.1, 0.15) is 45.4 Å². The molecule has 2 aliphatic rings. The van der Waals surface area contributed by atoms with Crippen LogP contribution in [0, 0.1) is 5.41 Å². The predicted molar refractivity (Wildman–Crippen MR) is 70.5 cm³/mol. The standard InChI is InChI=1S/C13H23N3O3/c1-13(11(17)18)7-5-6-10(13)14-12(19)15-16-8-3-2-4-9-16/h10H,2-9H2,1H3,(H,17,18)(H2,14,15,19). The number of hydrogen-bond donors (Lipinski definition) is 3. The molecule has 1 heterocycles. The number of carbonyl (C=O) groups excluding carboxylic acids is 1. The third-order valence-corrected chi connectivity index (χ3v) is 4.37. The number of carboxylic acids is 1. The lowest BCUT2D eigenvalue weighted by atomic mass is 9.85. The van der Waals surface area contributed by atoms with Crippen molar-refractivity contribution in [2.24, 2.45) is 5.41 Å². The van der Waals surface area contributed by atoms with Crippen LogP contribution < -0.4 is 10.7 Å². The van der Waals surface area contributed by atoms with Gasteiger partial charge in [0.2, 0.25) is 0 Å². The highest BCUT2D eigenvalue weighted by atomic mass is 16.4. The van der Waals surface area contributed by atoms with Crippen molar-refractivity contribution in [3.63, 3.8) is 0 Å². The Morgan fingerprint density at radius 2 is 1.89 bits per heavy atom. The summed E-state index contributed by atoms with van der Waals surface area (Å²) in [5.41, 5.74) is 1.98. The van der Waals surface area contributed by atoms with Gasteiger partial charge in [0.25, 0.3) is 0 Å². The number of hydrogen-bond acceptors (Lipinski definition) is 3. The summed E-state index contributed by atoms with van der Waals surface area (Å²) in [7, 11) is 0. The first kappa shape index (κ1) is 14.1. The molecular weight excluding hydrogens is 246 g/mol. The molecule has 108 valence electrons. The summed E-state index contributed by atoms with van der Waals surface area (Å²) in [5, 5.41) is 14.0. The van der Waals surface area contributed by atoms with E-state index in [0.717, 1.165) is 38.8 Å². The van der Waals surface area contributed by atoms with Gasteiger partial charge in [-0.05, 0) is 32.6 Å². The van der Waals surface area contributed by atoms with Crippen molar-refractivity contribution < 1.29 is 14.7 Å². The molecule has 3 N–H and O–H groups in total. The van der Waals surface area contributed by atoms with Crippen LogP contribution in [0.3, 0.4) is 0 Å². The van der Waals surface area contributed by atoms with E-state index in [4.69, 9.17) is 0 Å². The second-order valence-corrected chi connectivity index (χ2v) is 5.80. The Morgan fingerprint density at radius 3 is 2.53 bits per heavy atom. The molecule has 1 aliphatic heterocycles. The van der Waals surface area contributed by atoms with Gasteiger partial charge < -0.3 is 10.4 Å². The first-order valence-electron chi connectivity index (χ1n) is 7.08. The first-order chi connectivity index (χ1) is 9.02. The number of carboxylic acid groups (broad SMARTS) is 1. The molecule has 0 bridgehead atoms. The van der Waals surface area contributed by atoms with Gasteiger partial charge in [-0.2, -0.15) is 0 Å². The average molecular weight is 269 g/mol. The first-order valence-corrected chi connectivity index (χ1v) is 7.08. The Morgan fingerprint density at radius 1 is 1.21 bits per heavy atom. The molecule has 2 unspecified atom stereocenters. The largest absolute Gasteiger partial charge is 0.481 e. The molecule has 0 aromatic rings. The molecule has 1 saturated heterocycles. The van der Waals surface area contributed by atoms with Crippen molar-refractivity contribution in [3.05, 3.63) is 0 Å². The summed E-state index contributed by atoms with van der Waals surface area (Å²) in [6, 6.07) is -0.559. The van der Waals surface area contributed by atoms with E-state index in [1.807, 2.05) is 5.01 Å². The minimum absolute atomic E-state index is 0.277. The number of rotatable bonds is 3. The topological polar surface area (TPSA) is 81.7 Å². The summed E-state index contributed by atoms with van der Waals surface area (Å²) in [4.78, 5) is 23.2. The molecule has 0 radical (unpaired) electrons.